The topological polar surface area (TPSA) is 3.24 Å². The van der Waals surface area contributed by atoms with E-state index in [1.54, 1.807) is 0 Å². The predicted octanol–water partition coefficient (Wildman–Crippen LogP) is 15.2. The first-order valence-corrected chi connectivity index (χ1v) is 20.1. The van der Waals surface area contributed by atoms with E-state index < -0.39 is 5.41 Å². The molecular formula is C55H47N. The molecule has 0 aliphatic heterocycles. The van der Waals surface area contributed by atoms with E-state index in [0.717, 1.165) is 23.5 Å². The smallest absolute Gasteiger partial charge is 0.0715 e. The molecule has 1 aliphatic rings. The quantitative estimate of drug-likeness (QED) is 0.165. The zero-order chi connectivity index (χ0) is 38.4. The summed E-state index contributed by atoms with van der Waals surface area (Å²) in [6.07, 6.45) is 1.01. The van der Waals surface area contributed by atoms with Gasteiger partial charge in [0.2, 0.25) is 0 Å². The maximum atomic E-state index is 2.50. The number of rotatable bonds is 6. The first kappa shape index (κ1) is 35.3. The minimum atomic E-state index is -0.589. The van der Waals surface area contributed by atoms with E-state index >= 15 is 0 Å². The molecule has 0 spiro atoms. The lowest BCUT2D eigenvalue weighted by Crippen LogP contribution is -2.29. The molecule has 0 saturated carbocycles. The molecule has 0 radical (unpaired) electrons. The summed E-state index contributed by atoms with van der Waals surface area (Å²) in [6, 6.07) is 68.5. The van der Waals surface area contributed by atoms with E-state index in [0.29, 0.717) is 0 Å². The number of benzene rings is 9. The monoisotopic (exact) mass is 721 g/mol. The third-order valence-corrected chi connectivity index (χ3v) is 11.9. The van der Waals surface area contributed by atoms with Crippen LogP contribution in [0, 0.1) is 13.8 Å². The third-order valence-electron chi connectivity index (χ3n) is 11.9. The summed E-state index contributed by atoms with van der Waals surface area (Å²) in [4.78, 5) is 2.43. The van der Waals surface area contributed by atoms with E-state index in [-0.39, 0.29) is 0 Å². The lowest BCUT2D eigenvalue weighted by molar-refractivity contribution is 0.771. The summed E-state index contributed by atoms with van der Waals surface area (Å²) in [6.45, 7) is 10.7. The van der Waals surface area contributed by atoms with Crippen molar-refractivity contribution in [2.24, 2.45) is 0 Å². The zero-order valence-corrected chi connectivity index (χ0v) is 33.0. The van der Waals surface area contributed by atoms with Crippen LogP contribution in [0.3, 0.4) is 0 Å². The van der Waals surface area contributed by atoms with Crippen LogP contribution in [0.1, 0.15) is 59.7 Å². The Hall–Kier alpha value is -6.44. The first-order valence-electron chi connectivity index (χ1n) is 20.1. The maximum absolute atomic E-state index is 2.50. The van der Waals surface area contributed by atoms with E-state index in [2.05, 4.69) is 208 Å². The molecule has 9 aromatic carbocycles. The normalized spacial score (nSPS) is 12.6. The Morgan fingerprint density at radius 1 is 0.446 bits per heavy atom. The van der Waals surface area contributed by atoms with Crippen LogP contribution in [0.15, 0.2) is 182 Å². The molecule has 0 N–H and O–H groups in total. The summed E-state index contributed by atoms with van der Waals surface area (Å²) in [5, 5.41) is 7.59. The summed E-state index contributed by atoms with van der Waals surface area (Å²) in [7, 11) is 0. The molecular weight excluding hydrogens is 675 g/mol. The van der Waals surface area contributed by atoms with Gasteiger partial charge in [-0.3, -0.25) is 0 Å². The largest absolute Gasteiger partial charge is 0.310 e. The summed E-state index contributed by atoms with van der Waals surface area (Å²) >= 11 is 0. The average molecular weight is 722 g/mol. The molecule has 0 unspecified atom stereocenters. The minimum Gasteiger partial charge on any atom is -0.310 e. The van der Waals surface area contributed by atoms with Crippen molar-refractivity contribution in [3.8, 4) is 11.1 Å². The lowest BCUT2D eigenvalue weighted by Gasteiger charge is -2.35. The van der Waals surface area contributed by atoms with Crippen molar-refractivity contribution in [3.05, 3.63) is 221 Å². The van der Waals surface area contributed by atoms with Gasteiger partial charge in [-0.25, -0.2) is 0 Å². The van der Waals surface area contributed by atoms with Gasteiger partial charge in [-0.05, 0) is 146 Å². The van der Waals surface area contributed by atoms with Crippen molar-refractivity contribution >= 4 is 49.4 Å². The molecule has 10 rings (SSSR count). The van der Waals surface area contributed by atoms with Crippen LogP contribution in [0.5, 0.6) is 0 Å². The van der Waals surface area contributed by atoms with Gasteiger partial charge in [-0.15, -0.1) is 0 Å². The summed E-state index contributed by atoms with van der Waals surface area (Å²) in [5.74, 6) is 0. The average Bonchev–Trinajstić information content (AvgIpc) is 3.55. The second-order valence-electron chi connectivity index (χ2n) is 15.0. The van der Waals surface area contributed by atoms with Gasteiger partial charge < -0.3 is 4.90 Å². The van der Waals surface area contributed by atoms with Crippen LogP contribution in [-0.2, 0) is 11.8 Å². The number of aryl methyl sites for hydroxylation is 3. The highest BCUT2D eigenvalue weighted by molar-refractivity contribution is 6.06. The molecule has 0 saturated heterocycles. The van der Waals surface area contributed by atoms with E-state index in [4.69, 9.17) is 0 Å². The Bertz CT molecular complexity index is 2800. The summed E-state index contributed by atoms with van der Waals surface area (Å²) in [5.41, 5.74) is 14.5. The SMILES string of the molecule is CC.CCc1ccc(N(c2ccc(C)cc2)c2ccc3c(c2)C(c2ccc4ccccc4c2)(c2ccc4ccccc4c2)c2cc(C)c4ccccc4c2-3)cc1. The molecule has 0 fully saturated rings. The number of hydrogen-bond donors (Lipinski definition) is 0. The van der Waals surface area contributed by atoms with Crippen LogP contribution in [0.4, 0.5) is 17.1 Å². The molecule has 9 aromatic rings. The zero-order valence-electron chi connectivity index (χ0n) is 33.0. The number of anilines is 3. The van der Waals surface area contributed by atoms with Gasteiger partial charge in [0, 0.05) is 17.1 Å². The third kappa shape index (κ3) is 5.61. The Balaban J connectivity index is 0.00000202. The highest BCUT2D eigenvalue weighted by Crippen LogP contribution is 2.59. The molecule has 0 amide bonds. The van der Waals surface area contributed by atoms with Crippen LogP contribution >= 0.6 is 0 Å². The van der Waals surface area contributed by atoms with Crippen molar-refractivity contribution < 1.29 is 0 Å². The van der Waals surface area contributed by atoms with Gasteiger partial charge in [0.15, 0.2) is 0 Å². The standard InChI is InChI=1S/C53H41N.C2H6/c1-4-37-19-27-45(28-20-37)54(44-25-17-35(2)18-26-44)46-29-30-49-50(34-46)53(42-23-21-38-11-5-7-13-40(38)32-42,43-24-22-39-12-6-8-14-41(39)33-43)51-31-36(3)47-15-9-10-16-48(47)52(49)51;1-2/h5-34H,4H2,1-3H3;1-2H3. The number of hydrogen-bond acceptors (Lipinski definition) is 1. The molecule has 1 aliphatic carbocycles. The van der Waals surface area contributed by atoms with Gasteiger partial charge >= 0.3 is 0 Å². The van der Waals surface area contributed by atoms with E-state index in [9.17, 15) is 0 Å². The van der Waals surface area contributed by atoms with Crippen LogP contribution in [0.2, 0.25) is 0 Å². The highest BCUT2D eigenvalue weighted by Gasteiger charge is 2.47. The van der Waals surface area contributed by atoms with Gasteiger partial charge in [0.25, 0.3) is 0 Å². The number of nitrogens with zero attached hydrogens (tertiary/aromatic N) is 1. The van der Waals surface area contributed by atoms with E-state index in [1.807, 2.05) is 13.8 Å². The Morgan fingerprint density at radius 2 is 0.964 bits per heavy atom. The lowest BCUT2D eigenvalue weighted by atomic mass is 9.66. The van der Waals surface area contributed by atoms with Crippen LogP contribution in [0.25, 0.3) is 43.4 Å². The van der Waals surface area contributed by atoms with Gasteiger partial charge in [0.05, 0.1) is 5.41 Å². The van der Waals surface area contributed by atoms with Crippen molar-refractivity contribution in [1.29, 1.82) is 0 Å². The number of fused-ring (bicyclic) bond motifs is 7. The first-order chi connectivity index (χ1) is 27.5. The molecule has 0 atom stereocenters. The Kier molecular flexibility index (Phi) is 9.02. The van der Waals surface area contributed by atoms with Crippen molar-refractivity contribution in [3.63, 3.8) is 0 Å². The molecule has 272 valence electrons. The maximum Gasteiger partial charge on any atom is 0.0715 e. The highest BCUT2D eigenvalue weighted by atomic mass is 15.1. The molecule has 0 aromatic heterocycles. The molecule has 0 bridgehead atoms. The predicted molar refractivity (Wildman–Crippen MR) is 241 cm³/mol. The fourth-order valence-electron chi connectivity index (χ4n) is 9.14. The van der Waals surface area contributed by atoms with Crippen LogP contribution < -0.4 is 4.90 Å². The Morgan fingerprint density at radius 3 is 1.55 bits per heavy atom. The van der Waals surface area contributed by atoms with Crippen molar-refractivity contribution in [2.45, 2.75) is 46.5 Å². The molecule has 1 nitrogen and oxygen atoms in total. The van der Waals surface area contributed by atoms with Crippen LogP contribution in [-0.4, -0.2) is 0 Å². The fourth-order valence-corrected chi connectivity index (χ4v) is 9.14. The second-order valence-corrected chi connectivity index (χ2v) is 15.0. The van der Waals surface area contributed by atoms with Gasteiger partial charge in [0.1, 0.15) is 0 Å². The van der Waals surface area contributed by atoms with Gasteiger partial charge in [-0.2, -0.15) is 0 Å². The van der Waals surface area contributed by atoms with Gasteiger partial charge in [-0.1, -0.05) is 160 Å². The van der Waals surface area contributed by atoms with E-state index in [1.165, 1.54) is 82.4 Å². The second kappa shape index (κ2) is 14.3. The molecule has 1 heteroatoms. The molecule has 56 heavy (non-hydrogen) atoms. The van der Waals surface area contributed by atoms with Crippen molar-refractivity contribution in [1.82, 2.24) is 0 Å². The fraction of sp³-hybridized carbons (Fsp3) is 0.127. The Labute approximate surface area is 331 Å². The summed E-state index contributed by atoms with van der Waals surface area (Å²) < 4.78 is 0. The minimum absolute atomic E-state index is 0.589. The van der Waals surface area contributed by atoms with Crippen molar-refractivity contribution in [2.75, 3.05) is 4.90 Å². The molecule has 0 heterocycles.